The van der Waals surface area contributed by atoms with E-state index in [4.69, 9.17) is 4.74 Å². The zero-order valence-corrected chi connectivity index (χ0v) is 11.8. The van der Waals surface area contributed by atoms with Crippen molar-refractivity contribution in [2.24, 2.45) is 0 Å². The number of ether oxygens (including phenoxy) is 1. The lowest BCUT2D eigenvalue weighted by Crippen LogP contribution is -1.91. The number of hydrogen-bond acceptors (Lipinski definition) is 1. The van der Waals surface area contributed by atoms with Crippen molar-refractivity contribution in [1.29, 1.82) is 0 Å². The Morgan fingerprint density at radius 2 is 1.79 bits per heavy atom. The molecule has 0 fully saturated rings. The van der Waals surface area contributed by atoms with Crippen LogP contribution in [0, 0.1) is 13.8 Å². The highest BCUT2D eigenvalue weighted by atomic mass is 16.5. The molecule has 19 heavy (non-hydrogen) atoms. The van der Waals surface area contributed by atoms with E-state index in [1.165, 1.54) is 24.0 Å². The molecule has 99 valence electrons. The van der Waals surface area contributed by atoms with Gasteiger partial charge in [-0.15, -0.1) is 0 Å². The van der Waals surface area contributed by atoms with E-state index in [0.717, 1.165) is 23.5 Å². The van der Waals surface area contributed by atoms with Gasteiger partial charge in [-0.3, -0.25) is 0 Å². The smallest absolute Gasteiger partial charge is 0.130 e. The minimum absolute atomic E-state index is 0.858. The highest BCUT2D eigenvalue weighted by Gasteiger charge is 2.03. The summed E-state index contributed by atoms with van der Waals surface area (Å²) < 4.78 is 5.90. The van der Waals surface area contributed by atoms with Crippen LogP contribution in [0.4, 0.5) is 0 Å². The molecular formula is C18H21O. The van der Waals surface area contributed by atoms with E-state index in [9.17, 15) is 0 Å². The second-order valence-corrected chi connectivity index (χ2v) is 4.95. The third-order valence-corrected chi connectivity index (χ3v) is 3.21. The van der Waals surface area contributed by atoms with E-state index in [1.807, 2.05) is 24.3 Å². The molecule has 0 aliphatic heterocycles. The molecule has 0 saturated heterocycles. The SMILES string of the molecule is [CH2]c1ccc(Oc2ccc(CCCC)cc2C)cc1. The fourth-order valence-corrected chi connectivity index (χ4v) is 2.05. The quantitative estimate of drug-likeness (QED) is 0.701. The molecule has 2 aromatic carbocycles. The van der Waals surface area contributed by atoms with Crippen LogP contribution < -0.4 is 4.74 Å². The van der Waals surface area contributed by atoms with Gasteiger partial charge in [0, 0.05) is 0 Å². The molecular weight excluding hydrogens is 232 g/mol. The van der Waals surface area contributed by atoms with Gasteiger partial charge in [-0.1, -0.05) is 37.6 Å². The molecule has 0 bridgehead atoms. The maximum atomic E-state index is 5.90. The Kier molecular flexibility index (Phi) is 4.62. The van der Waals surface area contributed by atoms with Crippen molar-refractivity contribution in [3.8, 4) is 11.5 Å². The van der Waals surface area contributed by atoms with Crippen molar-refractivity contribution in [3.63, 3.8) is 0 Å². The maximum Gasteiger partial charge on any atom is 0.130 e. The fourth-order valence-electron chi connectivity index (χ4n) is 2.05. The molecule has 0 atom stereocenters. The first-order chi connectivity index (χ1) is 9.19. The van der Waals surface area contributed by atoms with Crippen LogP contribution in [0.5, 0.6) is 11.5 Å². The average molecular weight is 253 g/mol. The van der Waals surface area contributed by atoms with Gasteiger partial charge in [0.05, 0.1) is 0 Å². The van der Waals surface area contributed by atoms with E-state index in [0.29, 0.717) is 0 Å². The van der Waals surface area contributed by atoms with Crippen LogP contribution in [0.15, 0.2) is 42.5 Å². The molecule has 1 nitrogen and oxygen atoms in total. The summed E-state index contributed by atoms with van der Waals surface area (Å²) in [6.45, 7) is 8.19. The summed E-state index contributed by atoms with van der Waals surface area (Å²) in [6.07, 6.45) is 3.62. The molecule has 0 aliphatic carbocycles. The fraction of sp³-hybridized carbons (Fsp3) is 0.278. The summed E-state index contributed by atoms with van der Waals surface area (Å²) in [5, 5.41) is 0. The summed E-state index contributed by atoms with van der Waals surface area (Å²) >= 11 is 0. The van der Waals surface area contributed by atoms with Crippen LogP contribution in [0.25, 0.3) is 0 Å². The summed E-state index contributed by atoms with van der Waals surface area (Å²) in [5.41, 5.74) is 3.58. The molecule has 2 rings (SSSR count). The average Bonchev–Trinajstić information content (AvgIpc) is 2.41. The summed E-state index contributed by atoms with van der Waals surface area (Å²) in [7, 11) is 0. The Morgan fingerprint density at radius 1 is 1.05 bits per heavy atom. The number of aryl methyl sites for hydroxylation is 2. The molecule has 0 heterocycles. The van der Waals surface area contributed by atoms with Crippen LogP contribution >= 0.6 is 0 Å². The van der Waals surface area contributed by atoms with Gasteiger partial charge in [0.25, 0.3) is 0 Å². The molecule has 1 radical (unpaired) electrons. The second-order valence-electron chi connectivity index (χ2n) is 4.95. The Bertz CT molecular complexity index is 526. The molecule has 0 aliphatic rings. The van der Waals surface area contributed by atoms with E-state index in [1.54, 1.807) is 0 Å². The Hall–Kier alpha value is -1.76. The number of rotatable bonds is 5. The number of unbranched alkanes of at least 4 members (excludes halogenated alkanes) is 1. The van der Waals surface area contributed by atoms with Gasteiger partial charge in [0.15, 0.2) is 0 Å². The van der Waals surface area contributed by atoms with E-state index < -0.39 is 0 Å². The maximum absolute atomic E-state index is 5.90. The van der Waals surface area contributed by atoms with Crippen molar-refractivity contribution in [3.05, 3.63) is 66.1 Å². The van der Waals surface area contributed by atoms with E-state index in [-0.39, 0.29) is 0 Å². The second kappa shape index (κ2) is 6.42. The third kappa shape index (κ3) is 3.85. The first-order valence-corrected chi connectivity index (χ1v) is 6.88. The highest BCUT2D eigenvalue weighted by Crippen LogP contribution is 2.26. The Morgan fingerprint density at radius 3 is 2.42 bits per heavy atom. The van der Waals surface area contributed by atoms with Crippen molar-refractivity contribution < 1.29 is 4.74 Å². The Labute approximate surface area is 116 Å². The first kappa shape index (κ1) is 13.7. The molecule has 0 unspecified atom stereocenters. The largest absolute Gasteiger partial charge is 0.457 e. The van der Waals surface area contributed by atoms with Crippen LogP contribution in [0.2, 0.25) is 0 Å². The van der Waals surface area contributed by atoms with Gasteiger partial charge in [-0.2, -0.15) is 0 Å². The number of benzene rings is 2. The zero-order chi connectivity index (χ0) is 13.7. The summed E-state index contributed by atoms with van der Waals surface area (Å²) in [6, 6.07) is 14.3. The first-order valence-electron chi connectivity index (χ1n) is 6.88. The van der Waals surface area contributed by atoms with Crippen molar-refractivity contribution in [2.45, 2.75) is 33.1 Å². The van der Waals surface area contributed by atoms with Gasteiger partial charge in [-0.25, -0.2) is 0 Å². The highest BCUT2D eigenvalue weighted by molar-refractivity contribution is 5.40. The standard InChI is InChI=1S/C18H21O/c1-4-5-6-16-9-12-18(15(3)13-16)19-17-10-7-14(2)8-11-17/h7-13H,2,4-6H2,1,3H3. The monoisotopic (exact) mass is 253 g/mol. The molecule has 0 saturated carbocycles. The Balaban J connectivity index is 2.10. The van der Waals surface area contributed by atoms with Gasteiger partial charge < -0.3 is 4.74 Å². The van der Waals surface area contributed by atoms with Crippen molar-refractivity contribution in [2.75, 3.05) is 0 Å². The van der Waals surface area contributed by atoms with Crippen molar-refractivity contribution >= 4 is 0 Å². The molecule has 0 amide bonds. The lowest BCUT2D eigenvalue weighted by Gasteiger charge is -2.10. The van der Waals surface area contributed by atoms with Gasteiger partial charge in [0.2, 0.25) is 0 Å². The zero-order valence-electron chi connectivity index (χ0n) is 11.8. The topological polar surface area (TPSA) is 9.23 Å². The van der Waals surface area contributed by atoms with Crippen LogP contribution in [0.3, 0.4) is 0 Å². The van der Waals surface area contributed by atoms with E-state index in [2.05, 4.69) is 39.0 Å². The lowest BCUT2D eigenvalue weighted by molar-refractivity contribution is 0.478. The van der Waals surface area contributed by atoms with Crippen LogP contribution in [-0.4, -0.2) is 0 Å². The van der Waals surface area contributed by atoms with E-state index >= 15 is 0 Å². The predicted molar refractivity (Wildman–Crippen MR) is 80.8 cm³/mol. The summed E-state index contributed by atoms with van der Waals surface area (Å²) in [4.78, 5) is 0. The van der Waals surface area contributed by atoms with Crippen LogP contribution in [-0.2, 0) is 6.42 Å². The molecule has 0 spiro atoms. The van der Waals surface area contributed by atoms with Gasteiger partial charge in [-0.05, 0) is 61.6 Å². The number of hydrogen-bond donors (Lipinski definition) is 0. The van der Waals surface area contributed by atoms with Crippen molar-refractivity contribution in [1.82, 2.24) is 0 Å². The molecule has 2 aromatic rings. The van der Waals surface area contributed by atoms with Crippen LogP contribution in [0.1, 0.15) is 36.5 Å². The minimum atomic E-state index is 0.858. The molecule has 1 heteroatoms. The minimum Gasteiger partial charge on any atom is -0.457 e. The molecule has 0 aromatic heterocycles. The normalized spacial score (nSPS) is 10.5. The van der Waals surface area contributed by atoms with Gasteiger partial charge in [0.1, 0.15) is 11.5 Å². The van der Waals surface area contributed by atoms with Gasteiger partial charge >= 0.3 is 0 Å². The predicted octanol–water partition coefficient (Wildman–Crippen LogP) is 5.31. The summed E-state index contributed by atoms with van der Waals surface area (Å²) in [5.74, 6) is 1.79. The third-order valence-electron chi connectivity index (χ3n) is 3.21. The molecule has 0 N–H and O–H groups in total. The lowest BCUT2D eigenvalue weighted by atomic mass is 10.1.